The fraction of sp³-hybridized carbons (Fsp3) is 0.643. The Morgan fingerprint density at radius 2 is 2.45 bits per heavy atom. The van der Waals surface area contributed by atoms with E-state index in [9.17, 15) is 4.79 Å². The van der Waals surface area contributed by atoms with Crippen LogP contribution >= 0.6 is 11.3 Å². The molecule has 5 nitrogen and oxygen atoms in total. The number of amides is 2. The van der Waals surface area contributed by atoms with E-state index in [1.54, 1.807) is 0 Å². The third-order valence-corrected chi connectivity index (χ3v) is 4.56. The number of aliphatic hydroxyl groups excluding tert-OH is 1. The van der Waals surface area contributed by atoms with Crippen LogP contribution in [0.4, 0.5) is 4.79 Å². The van der Waals surface area contributed by atoms with Crippen LogP contribution in [0.1, 0.15) is 23.8 Å². The van der Waals surface area contributed by atoms with Crippen molar-refractivity contribution in [2.45, 2.75) is 32.4 Å². The molecule has 0 unspecified atom stereocenters. The molecule has 1 aromatic heterocycles. The van der Waals surface area contributed by atoms with Crippen molar-refractivity contribution in [1.82, 2.24) is 15.5 Å². The lowest BCUT2D eigenvalue weighted by Gasteiger charge is -2.26. The first-order valence-electron chi connectivity index (χ1n) is 7.12. The number of nitrogens with zero attached hydrogens (tertiary/aromatic N) is 1. The number of fused-ring (bicyclic) bond motifs is 1. The Hall–Kier alpha value is -1.11. The summed E-state index contributed by atoms with van der Waals surface area (Å²) in [5.74, 6) is 0. The number of hydrogen-bond donors (Lipinski definition) is 3. The number of carbonyl (C=O) groups is 1. The lowest BCUT2D eigenvalue weighted by molar-refractivity contribution is 0.224. The number of thiophene rings is 1. The molecular formula is C14H23N3O2S. The number of aliphatic hydroxyl groups is 1. The summed E-state index contributed by atoms with van der Waals surface area (Å²) in [5, 5.41) is 16.6. The second kappa shape index (κ2) is 7.61. The highest BCUT2D eigenvalue weighted by atomic mass is 32.1. The first kappa shape index (κ1) is 15.3. The largest absolute Gasteiger partial charge is 0.396 e. The summed E-state index contributed by atoms with van der Waals surface area (Å²) in [4.78, 5) is 15.5. The van der Waals surface area contributed by atoms with E-state index in [2.05, 4.69) is 27.0 Å². The summed E-state index contributed by atoms with van der Waals surface area (Å²) in [7, 11) is 0. The average Bonchev–Trinajstić information content (AvgIpc) is 2.86. The van der Waals surface area contributed by atoms with E-state index in [0.717, 1.165) is 26.1 Å². The Bertz CT molecular complexity index is 436. The summed E-state index contributed by atoms with van der Waals surface area (Å²) < 4.78 is 0. The molecule has 1 atom stereocenters. The van der Waals surface area contributed by atoms with Gasteiger partial charge in [-0.2, -0.15) is 0 Å². The van der Waals surface area contributed by atoms with Gasteiger partial charge in [0.15, 0.2) is 0 Å². The van der Waals surface area contributed by atoms with Crippen LogP contribution in [0.2, 0.25) is 0 Å². The highest BCUT2D eigenvalue weighted by Crippen LogP contribution is 2.23. The molecule has 0 saturated carbocycles. The molecule has 0 saturated heterocycles. The Labute approximate surface area is 124 Å². The molecule has 0 fully saturated rings. The fourth-order valence-corrected chi connectivity index (χ4v) is 3.26. The summed E-state index contributed by atoms with van der Waals surface area (Å²) >= 11 is 1.84. The maximum Gasteiger partial charge on any atom is 0.315 e. The molecule has 6 heteroatoms. The highest BCUT2D eigenvalue weighted by molar-refractivity contribution is 7.10. The van der Waals surface area contributed by atoms with Gasteiger partial charge in [0.25, 0.3) is 0 Å². The van der Waals surface area contributed by atoms with Crippen LogP contribution in [0.25, 0.3) is 0 Å². The number of urea groups is 1. The van der Waals surface area contributed by atoms with Crippen LogP contribution in [0.5, 0.6) is 0 Å². The molecule has 112 valence electrons. The topological polar surface area (TPSA) is 64.6 Å². The number of nitrogens with one attached hydrogen (secondary N) is 2. The van der Waals surface area contributed by atoms with Gasteiger partial charge in [-0.1, -0.05) is 0 Å². The lowest BCUT2D eigenvalue weighted by Crippen LogP contribution is -2.44. The van der Waals surface area contributed by atoms with E-state index in [4.69, 9.17) is 5.11 Å². The Balaban J connectivity index is 1.63. The molecule has 0 aliphatic carbocycles. The molecule has 0 aromatic carbocycles. The molecule has 0 radical (unpaired) electrons. The molecular weight excluding hydrogens is 274 g/mol. The molecule has 2 heterocycles. The molecule has 1 aliphatic heterocycles. The van der Waals surface area contributed by atoms with Crippen molar-refractivity contribution in [3.63, 3.8) is 0 Å². The Morgan fingerprint density at radius 3 is 3.25 bits per heavy atom. The normalized spacial score (nSPS) is 16.5. The second-order valence-corrected chi connectivity index (χ2v) is 6.21. The molecule has 1 aliphatic rings. The van der Waals surface area contributed by atoms with Gasteiger partial charge in [0.1, 0.15) is 0 Å². The van der Waals surface area contributed by atoms with Gasteiger partial charge < -0.3 is 15.7 Å². The molecule has 2 rings (SSSR count). The van der Waals surface area contributed by atoms with Crippen LogP contribution in [0.15, 0.2) is 11.4 Å². The second-order valence-electron chi connectivity index (χ2n) is 5.21. The molecule has 20 heavy (non-hydrogen) atoms. The van der Waals surface area contributed by atoms with Crippen molar-refractivity contribution in [2.24, 2.45) is 0 Å². The molecule has 1 aromatic rings. The third kappa shape index (κ3) is 4.47. The predicted molar refractivity (Wildman–Crippen MR) is 81.0 cm³/mol. The molecule has 0 spiro atoms. The maximum atomic E-state index is 11.6. The van der Waals surface area contributed by atoms with Gasteiger partial charge in [-0.3, -0.25) is 4.90 Å². The number of carbonyl (C=O) groups excluding carboxylic acids is 1. The van der Waals surface area contributed by atoms with Crippen molar-refractivity contribution >= 4 is 17.4 Å². The molecule has 0 bridgehead atoms. The van der Waals surface area contributed by atoms with Gasteiger partial charge in [-0.25, -0.2) is 4.79 Å². The van der Waals surface area contributed by atoms with Gasteiger partial charge >= 0.3 is 6.03 Å². The average molecular weight is 297 g/mol. The Morgan fingerprint density at radius 1 is 1.60 bits per heavy atom. The Kier molecular flexibility index (Phi) is 5.82. The summed E-state index contributed by atoms with van der Waals surface area (Å²) in [6, 6.07) is 2.05. The van der Waals surface area contributed by atoms with Crippen LogP contribution in [0, 0.1) is 0 Å². The minimum atomic E-state index is -0.154. The quantitative estimate of drug-likeness (QED) is 0.739. The minimum absolute atomic E-state index is 0.00310. The van der Waals surface area contributed by atoms with E-state index < -0.39 is 0 Å². The van der Waals surface area contributed by atoms with Crippen LogP contribution < -0.4 is 10.6 Å². The number of rotatable bonds is 6. The van der Waals surface area contributed by atoms with E-state index in [0.29, 0.717) is 13.0 Å². The third-order valence-electron chi connectivity index (χ3n) is 3.54. The zero-order chi connectivity index (χ0) is 14.4. The first-order chi connectivity index (χ1) is 9.69. The lowest BCUT2D eigenvalue weighted by atomic mass is 10.1. The van der Waals surface area contributed by atoms with Crippen molar-refractivity contribution < 1.29 is 9.90 Å². The smallest absolute Gasteiger partial charge is 0.315 e. The van der Waals surface area contributed by atoms with E-state index >= 15 is 0 Å². The van der Waals surface area contributed by atoms with Crippen LogP contribution in [-0.2, 0) is 13.0 Å². The van der Waals surface area contributed by atoms with Gasteiger partial charge in [-0.15, -0.1) is 11.3 Å². The van der Waals surface area contributed by atoms with Gasteiger partial charge in [0.05, 0.1) is 0 Å². The minimum Gasteiger partial charge on any atom is -0.396 e. The van der Waals surface area contributed by atoms with Crippen molar-refractivity contribution in [1.29, 1.82) is 0 Å². The molecule has 2 amide bonds. The highest BCUT2D eigenvalue weighted by Gasteiger charge is 2.16. The van der Waals surface area contributed by atoms with E-state index in [-0.39, 0.29) is 18.7 Å². The zero-order valence-corrected chi connectivity index (χ0v) is 12.7. The first-order valence-corrected chi connectivity index (χ1v) is 8.00. The summed E-state index contributed by atoms with van der Waals surface area (Å²) in [6.07, 6.45) is 1.70. The van der Waals surface area contributed by atoms with E-state index in [1.165, 1.54) is 10.4 Å². The summed E-state index contributed by atoms with van der Waals surface area (Å²) in [5.41, 5.74) is 1.43. The predicted octanol–water partition coefficient (Wildman–Crippen LogP) is 1.18. The van der Waals surface area contributed by atoms with Gasteiger partial charge in [0.2, 0.25) is 0 Å². The summed E-state index contributed by atoms with van der Waals surface area (Å²) in [6.45, 7) is 5.56. The van der Waals surface area contributed by atoms with E-state index in [1.807, 2.05) is 18.3 Å². The van der Waals surface area contributed by atoms with Crippen LogP contribution in [-0.4, -0.2) is 48.3 Å². The maximum absolute atomic E-state index is 11.6. The zero-order valence-electron chi connectivity index (χ0n) is 11.9. The standard InChI is InChI=1S/C14H23N3O2S/c1-11(3-8-18)16-14(19)15-5-7-17-6-2-13-12(10-17)4-9-20-13/h4,9,11,18H,2-3,5-8,10H2,1H3,(H2,15,16,19)/t11-/m1/s1. The van der Waals surface area contributed by atoms with Crippen molar-refractivity contribution in [3.05, 3.63) is 21.9 Å². The number of hydrogen-bond acceptors (Lipinski definition) is 4. The van der Waals surface area contributed by atoms with Crippen molar-refractivity contribution in [2.75, 3.05) is 26.2 Å². The SMILES string of the molecule is C[C@H](CCO)NC(=O)NCCN1CCc2sccc2C1. The molecule has 3 N–H and O–H groups in total. The van der Waals surface area contributed by atoms with Gasteiger partial charge in [-0.05, 0) is 36.8 Å². The van der Waals surface area contributed by atoms with Gasteiger partial charge in [0, 0.05) is 43.7 Å². The van der Waals surface area contributed by atoms with Crippen molar-refractivity contribution in [3.8, 4) is 0 Å². The fourth-order valence-electron chi connectivity index (χ4n) is 2.37. The van der Waals surface area contributed by atoms with Crippen LogP contribution in [0.3, 0.4) is 0 Å². The monoisotopic (exact) mass is 297 g/mol.